The van der Waals surface area contributed by atoms with Gasteiger partial charge in [0.2, 0.25) is 0 Å². The van der Waals surface area contributed by atoms with Gasteiger partial charge in [-0.3, -0.25) is 6.08 Å². The topological polar surface area (TPSA) is 40.9 Å². The minimum absolute atomic E-state index is 0. The summed E-state index contributed by atoms with van der Waals surface area (Å²) in [6.45, 7) is 8.67. The molecular formula is C16H23Cl2NOSiTi. The average molecular weight is 392 g/mol. The van der Waals surface area contributed by atoms with E-state index in [9.17, 15) is 4.79 Å². The van der Waals surface area contributed by atoms with Crippen molar-refractivity contribution in [2.75, 3.05) is 0 Å². The van der Waals surface area contributed by atoms with Gasteiger partial charge in [0.1, 0.15) is 0 Å². The quantitative estimate of drug-likeness (QED) is 0.375. The van der Waals surface area contributed by atoms with Crippen molar-refractivity contribution in [1.82, 2.24) is 0 Å². The third kappa shape index (κ3) is 8.96. The Morgan fingerprint density at radius 2 is 1.55 bits per heavy atom. The molecule has 2 rings (SSSR count). The number of rotatable bonds is 1. The molecule has 22 heavy (non-hydrogen) atoms. The van der Waals surface area contributed by atoms with Crippen LogP contribution < -0.4 is 24.8 Å². The van der Waals surface area contributed by atoms with E-state index >= 15 is 0 Å². The molecule has 0 aliphatic heterocycles. The van der Waals surface area contributed by atoms with Crippen molar-refractivity contribution in [1.29, 1.82) is 0 Å². The van der Waals surface area contributed by atoms with Crippen molar-refractivity contribution < 1.29 is 51.3 Å². The second-order valence-electron chi connectivity index (χ2n) is 4.49. The zero-order valence-electron chi connectivity index (χ0n) is 12.6. The summed E-state index contributed by atoms with van der Waals surface area (Å²) < 4.78 is 0. The van der Waals surface area contributed by atoms with E-state index in [0.29, 0.717) is 11.5 Å². The normalized spacial score (nSPS) is 14.7. The Morgan fingerprint density at radius 3 is 1.73 bits per heavy atom. The van der Waals surface area contributed by atoms with E-state index in [0.717, 1.165) is 0 Å². The second kappa shape index (κ2) is 14.3. The summed E-state index contributed by atoms with van der Waals surface area (Å²) in [4.78, 5) is 10.3. The molecule has 120 valence electrons. The molecular weight excluding hydrogens is 369 g/mol. The first-order chi connectivity index (χ1) is 8.43. The molecule has 0 radical (unpaired) electrons. The smallest absolute Gasteiger partial charge is 1.00 e. The molecule has 1 N–H and O–H groups in total. The third-order valence-corrected chi connectivity index (χ3v) is 3.27. The van der Waals surface area contributed by atoms with Crippen LogP contribution in [0.2, 0.25) is 0 Å². The van der Waals surface area contributed by atoms with Crippen LogP contribution in [0.3, 0.4) is 0 Å². The predicted molar refractivity (Wildman–Crippen MR) is 86.4 cm³/mol. The van der Waals surface area contributed by atoms with Gasteiger partial charge in [0.25, 0.3) is 0 Å². The minimum atomic E-state index is -0.629. The molecule has 6 heteroatoms. The maximum Gasteiger partial charge on any atom is 4.00 e. The molecule has 0 fully saturated rings. The van der Waals surface area contributed by atoms with Gasteiger partial charge in [-0.1, -0.05) is 57.0 Å². The number of amides is 1. The van der Waals surface area contributed by atoms with Crippen LogP contribution in [0.4, 0.5) is 0 Å². The number of carbonyl (C=O) groups is 1. The summed E-state index contributed by atoms with van der Waals surface area (Å²) in [6.07, 6.45) is 3.36. The molecule has 0 aromatic heterocycles. The van der Waals surface area contributed by atoms with Gasteiger partial charge in [-0.05, 0) is 16.5 Å². The Balaban J connectivity index is -0.000000125. The summed E-state index contributed by atoms with van der Waals surface area (Å²) >= 11 is 0. The van der Waals surface area contributed by atoms with E-state index < -0.39 is 5.91 Å². The van der Waals surface area contributed by atoms with E-state index in [1.54, 1.807) is 24.3 Å². The Bertz CT molecular complexity index is 504. The van der Waals surface area contributed by atoms with Crippen molar-refractivity contribution in [3.8, 4) is 0 Å². The summed E-state index contributed by atoms with van der Waals surface area (Å²) in [5.74, 6) is -0.0689. The first-order valence-corrected chi connectivity index (χ1v) is 6.02. The summed E-state index contributed by atoms with van der Waals surface area (Å²) in [5.41, 5.74) is 11.4. The zero-order chi connectivity index (χ0) is 13.7. The minimum Gasteiger partial charge on any atom is -1.00 e. The summed E-state index contributed by atoms with van der Waals surface area (Å²) in [7, 11) is 0. The van der Waals surface area contributed by atoms with Crippen LogP contribution in [0.15, 0.2) is 47.1 Å². The van der Waals surface area contributed by atoms with E-state index in [2.05, 4.69) is 33.8 Å². The van der Waals surface area contributed by atoms with Crippen LogP contribution in [0.5, 0.6) is 0 Å². The zero-order valence-corrected chi connectivity index (χ0v) is 15.7. The van der Waals surface area contributed by atoms with Crippen LogP contribution in [0.1, 0.15) is 38.1 Å². The fourth-order valence-electron chi connectivity index (χ4n) is 1.75. The molecule has 1 aliphatic carbocycles. The molecule has 2 nitrogen and oxygen atoms in total. The fourth-order valence-corrected chi connectivity index (χ4v) is 1.75. The number of halogens is 2. The van der Waals surface area contributed by atoms with Gasteiger partial charge in [-0.15, -0.1) is 6.92 Å². The molecule has 1 atom stereocenters. The number of hydrogen-bond acceptors (Lipinski definition) is 1. The van der Waals surface area contributed by atoms with Crippen LogP contribution in [0, 0.1) is 12.0 Å². The average Bonchev–Trinajstić information content (AvgIpc) is 2.58. The van der Waals surface area contributed by atoms with Crippen molar-refractivity contribution in [2.45, 2.75) is 27.7 Å². The van der Waals surface area contributed by atoms with Crippen molar-refractivity contribution in [3.63, 3.8) is 0 Å². The van der Waals surface area contributed by atoms with Gasteiger partial charge in [0, 0.05) is 0 Å². The molecule has 0 heterocycles. The molecule has 0 saturated heterocycles. The second-order valence-corrected chi connectivity index (χ2v) is 4.49. The number of allylic oxidation sites excluding steroid dienone is 4. The molecule has 1 aliphatic rings. The Labute approximate surface area is 165 Å². The standard InChI is InChI=1S/C9H13.C7H7NO.2ClH.H4Si.Ti/c1-6-5-7(2)9(4)8(6)3;8-7(9)6-4-2-1-3-5-6;;;;/h6H,1-4H3;1-5H,(H2,8,9);2*1H;1H4;/q-1;;;;;+4/p-3. The maximum atomic E-state index is 10.3. The fraction of sp³-hybridized carbons (Fsp3) is 0.312. The Hall–Kier alpha value is -0.319. The summed E-state index contributed by atoms with van der Waals surface area (Å²) in [5, 5.41) is 0. The van der Waals surface area contributed by atoms with E-state index in [-0.39, 0.29) is 57.5 Å². The molecule has 1 aromatic carbocycles. The molecule has 0 saturated carbocycles. The Morgan fingerprint density at radius 1 is 1.09 bits per heavy atom. The van der Waals surface area contributed by atoms with Gasteiger partial charge < -0.3 is 35.3 Å². The molecule has 1 aromatic rings. The van der Waals surface area contributed by atoms with Crippen molar-refractivity contribution in [3.05, 3.63) is 64.4 Å². The first kappa shape index (κ1) is 29.7. The predicted octanol–water partition coefficient (Wildman–Crippen LogP) is -2.85. The van der Waals surface area contributed by atoms with Crippen molar-refractivity contribution in [2.24, 2.45) is 5.92 Å². The van der Waals surface area contributed by atoms with E-state index in [4.69, 9.17) is 5.73 Å². The van der Waals surface area contributed by atoms with Crippen molar-refractivity contribution >= 4 is 16.9 Å². The largest absolute Gasteiger partial charge is 4.00 e. The summed E-state index contributed by atoms with van der Waals surface area (Å²) in [6, 6.07) is 8.53. The van der Waals surface area contributed by atoms with Crippen LogP contribution >= 0.6 is 0 Å². The SMILES string of the molecule is CC1=[C-]C(C)C(C)=C1C.[Cl-].[Cl-].[NH-]C(=O)c1ccccc1.[SiH4].[Ti+4]. The monoisotopic (exact) mass is 391 g/mol. The molecule has 1 amide bonds. The van der Waals surface area contributed by atoms with Gasteiger partial charge in [-0.2, -0.15) is 11.1 Å². The number of hydrogen-bond donors (Lipinski definition) is 0. The van der Waals surface area contributed by atoms with Gasteiger partial charge in [0.05, 0.1) is 5.91 Å². The molecule has 0 bridgehead atoms. The number of carbonyl (C=O) groups excluding carboxylic acids is 1. The molecule has 0 spiro atoms. The van der Waals surface area contributed by atoms with Crippen LogP contribution in [-0.4, -0.2) is 16.9 Å². The van der Waals surface area contributed by atoms with Gasteiger partial charge in [0.15, 0.2) is 0 Å². The number of nitrogens with one attached hydrogen (secondary N) is 1. The maximum absolute atomic E-state index is 10.3. The van der Waals surface area contributed by atoms with Crippen LogP contribution in [-0.2, 0) is 21.7 Å². The molecule has 1 unspecified atom stereocenters. The number of benzene rings is 1. The Kier molecular flexibility index (Phi) is 19.3. The first-order valence-electron chi connectivity index (χ1n) is 6.02. The third-order valence-electron chi connectivity index (χ3n) is 3.27. The van der Waals surface area contributed by atoms with Crippen LogP contribution in [0.25, 0.3) is 5.73 Å². The van der Waals surface area contributed by atoms with Gasteiger partial charge >= 0.3 is 21.7 Å². The van der Waals surface area contributed by atoms with Gasteiger partial charge in [-0.25, -0.2) is 5.57 Å². The van der Waals surface area contributed by atoms with E-state index in [1.807, 2.05) is 6.07 Å². The van der Waals surface area contributed by atoms with E-state index in [1.165, 1.54) is 16.7 Å².